The third-order valence-corrected chi connectivity index (χ3v) is 3.30. The molecule has 3 nitrogen and oxygen atoms in total. The van der Waals surface area contributed by atoms with Gasteiger partial charge in [-0.15, -0.1) is 11.8 Å². The number of aldehydes is 1. The van der Waals surface area contributed by atoms with Crippen molar-refractivity contribution >= 4 is 29.6 Å². The van der Waals surface area contributed by atoms with Gasteiger partial charge in [-0.1, -0.05) is 6.07 Å². The highest BCUT2D eigenvalue weighted by molar-refractivity contribution is 8.00. The normalized spacial score (nSPS) is 14.3. The number of rotatable bonds is 3. The molecule has 15 heavy (non-hydrogen) atoms. The van der Waals surface area contributed by atoms with Crippen LogP contribution < -0.4 is 5.32 Å². The van der Waals surface area contributed by atoms with Crippen LogP contribution in [0.3, 0.4) is 0 Å². The van der Waals surface area contributed by atoms with Crippen molar-refractivity contribution in [3.05, 3.63) is 23.8 Å². The van der Waals surface area contributed by atoms with E-state index in [2.05, 4.69) is 5.32 Å². The maximum Gasteiger partial charge on any atom is 0.234 e. The summed E-state index contributed by atoms with van der Waals surface area (Å²) >= 11 is 1.55. The number of amides is 1. The average Bonchev–Trinajstić information content (AvgIpc) is 2.25. The van der Waals surface area contributed by atoms with Crippen LogP contribution in [0, 0.1) is 0 Å². The summed E-state index contributed by atoms with van der Waals surface area (Å²) in [6, 6.07) is 5.95. The minimum atomic E-state index is 0.0417. The second-order valence-corrected chi connectivity index (χ2v) is 4.39. The summed E-state index contributed by atoms with van der Waals surface area (Å²) in [4.78, 5) is 22.5. The quantitative estimate of drug-likeness (QED) is 0.792. The number of fused-ring (bicyclic) bond motifs is 1. The van der Waals surface area contributed by atoms with E-state index in [0.29, 0.717) is 12.2 Å². The Labute approximate surface area is 92.2 Å². The summed E-state index contributed by atoms with van der Waals surface area (Å²) in [5.74, 6) is 0.528. The Morgan fingerprint density at radius 2 is 2.33 bits per heavy atom. The molecule has 4 heteroatoms. The maximum absolute atomic E-state index is 11.2. The van der Waals surface area contributed by atoms with Crippen LogP contribution in [-0.2, 0) is 16.0 Å². The van der Waals surface area contributed by atoms with Crippen molar-refractivity contribution in [2.75, 3.05) is 11.1 Å². The Hall–Kier alpha value is -1.29. The van der Waals surface area contributed by atoms with E-state index >= 15 is 0 Å². The van der Waals surface area contributed by atoms with Crippen LogP contribution in [-0.4, -0.2) is 17.9 Å². The topological polar surface area (TPSA) is 46.2 Å². The van der Waals surface area contributed by atoms with Crippen molar-refractivity contribution in [2.24, 2.45) is 0 Å². The summed E-state index contributed by atoms with van der Waals surface area (Å²) in [6.45, 7) is 0. The molecule has 1 amide bonds. The van der Waals surface area contributed by atoms with Gasteiger partial charge in [-0.05, 0) is 24.1 Å². The standard InChI is InChI=1S/C11H11NO2S/c13-5-1-2-8-3-4-10-9(6-8)12-11(14)7-15-10/h3-6H,1-2,7H2,(H,12,14). The molecule has 0 aromatic heterocycles. The number of nitrogens with one attached hydrogen (secondary N) is 1. The predicted octanol–water partition coefficient (Wildman–Crippen LogP) is 1.86. The van der Waals surface area contributed by atoms with Crippen LogP contribution in [0.5, 0.6) is 0 Å². The fourth-order valence-corrected chi connectivity index (χ4v) is 2.30. The first-order valence-electron chi connectivity index (χ1n) is 4.79. The number of anilines is 1. The van der Waals surface area contributed by atoms with Gasteiger partial charge in [0.15, 0.2) is 0 Å². The zero-order valence-corrected chi connectivity index (χ0v) is 8.97. The highest BCUT2D eigenvalue weighted by atomic mass is 32.2. The first kappa shape index (κ1) is 10.2. The molecule has 2 rings (SSSR count). The largest absolute Gasteiger partial charge is 0.324 e. The Kier molecular flexibility index (Phi) is 3.06. The van der Waals surface area contributed by atoms with E-state index in [1.807, 2.05) is 18.2 Å². The summed E-state index contributed by atoms with van der Waals surface area (Å²) in [7, 11) is 0. The van der Waals surface area contributed by atoms with Crippen molar-refractivity contribution < 1.29 is 9.59 Å². The molecule has 0 saturated heterocycles. The molecule has 78 valence electrons. The van der Waals surface area contributed by atoms with Gasteiger partial charge >= 0.3 is 0 Å². The summed E-state index contributed by atoms with van der Waals surface area (Å²) < 4.78 is 0. The molecule has 0 bridgehead atoms. The zero-order chi connectivity index (χ0) is 10.7. The molecular formula is C11H11NO2S. The molecule has 0 fully saturated rings. The van der Waals surface area contributed by atoms with E-state index < -0.39 is 0 Å². The van der Waals surface area contributed by atoms with Crippen molar-refractivity contribution in [3.63, 3.8) is 0 Å². The number of hydrogen-bond donors (Lipinski definition) is 1. The fourth-order valence-electron chi connectivity index (χ4n) is 1.51. The molecule has 0 aliphatic carbocycles. The first-order chi connectivity index (χ1) is 7.29. The van der Waals surface area contributed by atoms with E-state index in [9.17, 15) is 9.59 Å². The molecule has 0 spiro atoms. The third kappa shape index (κ3) is 2.39. The molecule has 1 aromatic carbocycles. The second-order valence-electron chi connectivity index (χ2n) is 3.37. The van der Waals surface area contributed by atoms with E-state index in [0.717, 1.165) is 28.9 Å². The minimum absolute atomic E-state index is 0.0417. The smallest absolute Gasteiger partial charge is 0.234 e. The van der Waals surface area contributed by atoms with Crippen molar-refractivity contribution in [3.8, 4) is 0 Å². The molecule has 0 atom stereocenters. The van der Waals surface area contributed by atoms with Gasteiger partial charge < -0.3 is 10.1 Å². The monoisotopic (exact) mass is 221 g/mol. The van der Waals surface area contributed by atoms with Crippen LogP contribution in [0.25, 0.3) is 0 Å². The zero-order valence-electron chi connectivity index (χ0n) is 8.16. The van der Waals surface area contributed by atoms with Crippen LogP contribution in [0.15, 0.2) is 23.1 Å². The van der Waals surface area contributed by atoms with E-state index in [-0.39, 0.29) is 5.91 Å². The van der Waals surface area contributed by atoms with Crippen LogP contribution >= 0.6 is 11.8 Å². The number of hydrogen-bond acceptors (Lipinski definition) is 3. The van der Waals surface area contributed by atoms with Crippen molar-refractivity contribution in [1.29, 1.82) is 0 Å². The fraction of sp³-hybridized carbons (Fsp3) is 0.273. The first-order valence-corrected chi connectivity index (χ1v) is 5.77. The lowest BCUT2D eigenvalue weighted by Gasteiger charge is -2.16. The predicted molar refractivity (Wildman–Crippen MR) is 60.2 cm³/mol. The van der Waals surface area contributed by atoms with E-state index in [1.54, 1.807) is 11.8 Å². The average molecular weight is 221 g/mol. The molecular weight excluding hydrogens is 210 g/mol. The van der Waals surface area contributed by atoms with Crippen molar-refractivity contribution in [2.45, 2.75) is 17.7 Å². The maximum atomic E-state index is 11.2. The van der Waals surface area contributed by atoms with Gasteiger partial charge in [-0.3, -0.25) is 4.79 Å². The molecule has 1 aliphatic rings. The van der Waals surface area contributed by atoms with Gasteiger partial charge in [-0.2, -0.15) is 0 Å². The Morgan fingerprint density at radius 3 is 3.13 bits per heavy atom. The lowest BCUT2D eigenvalue weighted by Crippen LogP contribution is -2.18. The van der Waals surface area contributed by atoms with Crippen molar-refractivity contribution in [1.82, 2.24) is 0 Å². The Bertz CT molecular complexity index is 404. The molecule has 0 radical (unpaired) electrons. The minimum Gasteiger partial charge on any atom is -0.324 e. The lowest BCUT2D eigenvalue weighted by atomic mass is 10.1. The molecule has 0 unspecified atom stereocenters. The molecule has 1 aromatic rings. The highest BCUT2D eigenvalue weighted by Crippen LogP contribution is 2.32. The van der Waals surface area contributed by atoms with Gasteiger partial charge in [0.2, 0.25) is 5.91 Å². The number of benzene rings is 1. The van der Waals surface area contributed by atoms with Crippen LogP contribution in [0.1, 0.15) is 12.0 Å². The SMILES string of the molecule is O=CCCc1ccc2c(c1)NC(=O)CS2. The third-order valence-electron chi connectivity index (χ3n) is 2.23. The molecule has 1 aliphatic heterocycles. The highest BCUT2D eigenvalue weighted by Gasteiger charge is 2.14. The Balaban J connectivity index is 2.20. The second kappa shape index (κ2) is 4.49. The van der Waals surface area contributed by atoms with E-state index in [4.69, 9.17) is 0 Å². The lowest BCUT2D eigenvalue weighted by molar-refractivity contribution is -0.114. The number of thioether (sulfide) groups is 1. The summed E-state index contributed by atoms with van der Waals surface area (Å²) in [5, 5.41) is 2.83. The van der Waals surface area contributed by atoms with Crippen LogP contribution in [0.2, 0.25) is 0 Å². The van der Waals surface area contributed by atoms with Gasteiger partial charge in [0.1, 0.15) is 6.29 Å². The number of aryl methyl sites for hydroxylation is 1. The molecule has 1 N–H and O–H groups in total. The van der Waals surface area contributed by atoms with Gasteiger partial charge in [0, 0.05) is 11.3 Å². The van der Waals surface area contributed by atoms with Crippen LogP contribution in [0.4, 0.5) is 5.69 Å². The summed E-state index contributed by atoms with van der Waals surface area (Å²) in [5.41, 5.74) is 1.96. The summed E-state index contributed by atoms with van der Waals surface area (Å²) in [6.07, 6.45) is 2.17. The molecule has 1 heterocycles. The van der Waals surface area contributed by atoms with Gasteiger partial charge in [0.25, 0.3) is 0 Å². The van der Waals surface area contributed by atoms with Gasteiger partial charge in [-0.25, -0.2) is 0 Å². The number of carbonyl (C=O) groups is 2. The van der Waals surface area contributed by atoms with E-state index in [1.165, 1.54) is 0 Å². The van der Waals surface area contributed by atoms with Gasteiger partial charge in [0.05, 0.1) is 11.4 Å². The molecule has 0 saturated carbocycles. The Morgan fingerprint density at radius 1 is 1.47 bits per heavy atom. The number of carbonyl (C=O) groups excluding carboxylic acids is 2.